The van der Waals surface area contributed by atoms with Crippen molar-refractivity contribution in [1.82, 2.24) is 14.7 Å². The van der Waals surface area contributed by atoms with Gasteiger partial charge in [0.15, 0.2) is 0 Å². The number of hydrogen-bond donors (Lipinski definition) is 0. The standard InChI is InChI=1S/C16H27N3O/c1-5-19-11-15(14(4)17-19)6-7-16(20)18-9-12(2)8-13(3)10-18/h11-13H,5-10H2,1-4H3/t12-,13-/m0/s1. The number of aromatic nitrogens is 2. The summed E-state index contributed by atoms with van der Waals surface area (Å²) in [5.41, 5.74) is 2.26. The van der Waals surface area contributed by atoms with E-state index in [1.54, 1.807) is 0 Å². The molecule has 0 N–H and O–H groups in total. The summed E-state index contributed by atoms with van der Waals surface area (Å²) < 4.78 is 1.94. The molecule has 2 rings (SSSR count). The summed E-state index contributed by atoms with van der Waals surface area (Å²) in [6, 6.07) is 0. The molecule has 1 fully saturated rings. The van der Waals surface area contributed by atoms with Gasteiger partial charge in [0.25, 0.3) is 0 Å². The van der Waals surface area contributed by atoms with Gasteiger partial charge in [-0.2, -0.15) is 5.10 Å². The number of likely N-dealkylation sites (tertiary alicyclic amines) is 1. The van der Waals surface area contributed by atoms with Crippen molar-refractivity contribution in [2.24, 2.45) is 11.8 Å². The molecule has 0 radical (unpaired) electrons. The first kappa shape index (κ1) is 15.1. The van der Waals surface area contributed by atoms with E-state index in [-0.39, 0.29) is 0 Å². The fourth-order valence-electron chi connectivity index (χ4n) is 3.23. The molecular weight excluding hydrogens is 250 g/mol. The molecule has 0 aliphatic carbocycles. The Kier molecular flexibility index (Phi) is 4.84. The van der Waals surface area contributed by atoms with E-state index in [2.05, 4.69) is 37.0 Å². The number of carbonyl (C=O) groups excluding carboxylic acids is 1. The molecular formula is C16H27N3O. The van der Waals surface area contributed by atoms with Gasteiger partial charge >= 0.3 is 0 Å². The van der Waals surface area contributed by atoms with E-state index in [0.717, 1.165) is 31.7 Å². The molecule has 20 heavy (non-hydrogen) atoms. The van der Waals surface area contributed by atoms with Crippen LogP contribution >= 0.6 is 0 Å². The van der Waals surface area contributed by atoms with Crippen LogP contribution in [0.4, 0.5) is 0 Å². The molecule has 0 bridgehead atoms. The lowest BCUT2D eigenvalue weighted by Crippen LogP contribution is -2.42. The Morgan fingerprint density at radius 2 is 2.00 bits per heavy atom. The Hall–Kier alpha value is -1.32. The Bertz CT molecular complexity index is 456. The van der Waals surface area contributed by atoms with Crippen molar-refractivity contribution in [3.05, 3.63) is 17.5 Å². The van der Waals surface area contributed by atoms with Crippen LogP contribution in [0.1, 0.15) is 44.9 Å². The predicted octanol–water partition coefficient (Wildman–Crippen LogP) is 2.65. The molecule has 0 saturated carbocycles. The highest BCUT2D eigenvalue weighted by atomic mass is 16.2. The molecule has 1 aromatic heterocycles. The van der Waals surface area contributed by atoms with Crippen LogP contribution in [0, 0.1) is 18.8 Å². The van der Waals surface area contributed by atoms with Gasteiger partial charge in [0.1, 0.15) is 0 Å². The van der Waals surface area contributed by atoms with E-state index in [1.165, 1.54) is 12.0 Å². The highest BCUT2D eigenvalue weighted by molar-refractivity contribution is 5.76. The van der Waals surface area contributed by atoms with Crippen LogP contribution in [0.25, 0.3) is 0 Å². The molecule has 4 nitrogen and oxygen atoms in total. The molecule has 112 valence electrons. The van der Waals surface area contributed by atoms with Crippen LogP contribution in [-0.2, 0) is 17.8 Å². The molecule has 0 aromatic carbocycles. The topological polar surface area (TPSA) is 38.1 Å². The third-order valence-electron chi connectivity index (χ3n) is 4.20. The lowest BCUT2D eigenvalue weighted by Gasteiger charge is -2.35. The van der Waals surface area contributed by atoms with Gasteiger partial charge < -0.3 is 4.90 Å². The minimum atomic E-state index is 0.298. The summed E-state index contributed by atoms with van der Waals surface area (Å²) in [6.45, 7) is 11.3. The maximum absolute atomic E-state index is 12.3. The van der Waals surface area contributed by atoms with Crippen molar-refractivity contribution in [3.8, 4) is 0 Å². The molecule has 2 heterocycles. The minimum absolute atomic E-state index is 0.298. The van der Waals surface area contributed by atoms with E-state index in [9.17, 15) is 4.79 Å². The highest BCUT2D eigenvalue weighted by Gasteiger charge is 2.25. The maximum atomic E-state index is 12.3. The zero-order chi connectivity index (χ0) is 14.7. The lowest BCUT2D eigenvalue weighted by atomic mass is 9.91. The van der Waals surface area contributed by atoms with Crippen LogP contribution < -0.4 is 0 Å². The fourth-order valence-corrected chi connectivity index (χ4v) is 3.23. The first-order valence-corrected chi connectivity index (χ1v) is 7.80. The molecule has 1 aliphatic heterocycles. The Morgan fingerprint density at radius 3 is 2.55 bits per heavy atom. The normalized spacial score (nSPS) is 23.1. The van der Waals surface area contributed by atoms with E-state index >= 15 is 0 Å². The molecule has 0 spiro atoms. The van der Waals surface area contributed by atoms with Gasteiger partial charge in [-0.1, -0.05) is 13.8 Å². The monoisotopic (exact) mass is 277 g/mol. The van der Waals surface area contributed by atoms with Crippen LogP contribution in [-0.4, -0.2) is 33.7 Å². The van der Waals surface area contributed by atoms with E-state index in [4.69, 9.17) is 0 Å². The third kappa shape index (κ3) is 3.62. The Labute approximate surface area is 122 Å². The minimum Gasteiger partial charge on any atom is -0.342 e. The molecule has 1 saturated heterocycles. The summed E-state index contributed by atoms with van der Waals surface area (Å²) in [5, 5.41) is 4.44. The smallest absolute Gasteiger partial charge is 0.222 e. The molecule has 1 amide bonds. The van der Waals surface area contributed by atoms with Crippen molar-refractivity contribution in [2.45, 2.75) is 53.5 Å². The average Bonchev–Trinajstić information content (AvgIpc) is 2.75. The van der Waals surface area contributed by atoms with Gasteiger partial charge in [-0.25, -0.2) is 0 Å². The quantitative estimate of drug-likeness (QED) is 0.848. The van der Waals surface area contributed by atoms with Crippen molar-refractivity contribution >= 4 is 5.91 Å². The maximum Gasteiger partial charge on any atom is 0.222 e. The third-order valence-corrected chi connectivity index (χ3v) is 4.20. The number of piperidine rings is 1. The lowest BCUT2D eigenvalue weighted by molar-refractivity contribution is -0.133. The van der Waals surface area contributed by atoms with Crippen LogP contribution in [0.2, 0.25) is 0 Å². The van der Waals surface area contributed by atoms with Crippen molar-refractivity contribution < 1.29 is 4.79 Å². The second-order valence-corrected chi connectivity index (χ2v) is 6.34. The number of aryl methyl sites for hydroxylation is 3. The van der Waals surface area contributed by atoms with Gasteiger partial charge in [0.2, 0.25) is 5.91 Å². The van der Waals surface area contributed by atoms with Crippen LogP contribution in [0.15, 0.2) is 6.20 Å². The van der Waals surface area contributed by atoms with Crippen molar-refractivity contribution in [2.75, 3.05) is 13.1 Å². The first-order chi connectivity index (χ1) is 9.49. The highest BCUT2D eigenvalue weighted by Crippen LogP contribution is 2.22. The summed E-state index contributed by atoms with van der Waals surface area (Å²) in [6.07, 6.45) is 4.73. The first-order valence-electron chi connectivity index (χ1n) is 7.80. The summed E-state index contributed by atoms with van der Waals surface area (Å²) in [4.78, 5) is 14.4. The molecule has 1 aliphatic rings. The average molecular weight is 277 g/mol. The SMILES string of the molecule is CCn1cc(CCC(=O)N2C[C@@H](C)C[C@H](C)C2)c(C)n1. The van der Waals surface area contributed by atoms with Gasteiger partial charge in [-0.15, -0.1) is 0 Å². The van der Waals surface area contributed by atoms with E-state index in [1.807, 2.05) is 11.6 Å². The molecule has 0 unspecified atom stereocenters. The Morgan fingerprint density at radius 1 is 1.35 bits per heavy atom. The van der Waals surface area contributed by atoms with Gasteiger partial charge in [-0.05, 0) is 44.1 Å². The zero-order valence-corrected chi connectivity index (χ0v) is 13.2. The summed E-state index contributed by atoms with van der Waals surface area (Å²) in [5.74, 6) is 1.56. The number of nitrogens with zero attached hydrogens (tertiary/aromatic N) is 3. The number of amides is 1. The molecule has 1 aromatic rings. The van der Waals surface area contributed by atoms with E-state index < -0.39 is 0 Å². The number of carbonyl (C=O) groups is 1. The second-order valence-electron chi connectivity index (χ2n) is 6.34. The summed E-state index contributed by atoms with van der Waals surface area (Å²) in [7, 11) is 0. The fraction of sp³-hybridized carbons (Fsp3) is 0.750. The number of hydrogen-bond acceptors (Lipinski definition) is 2. The van der Waals surface area contributed by atoms with Gasteiger partial charge in [0.05, 0.1) is 5.69 Å². The van der Waals surface area contributed by atoms with Crippen LogP contribution in [0.3, 0.4) is 0 Å². The van der Waals surface area contributed by atoms with Crippen molar-refractivity contribution in [1.29, 1.82) is 0 Å². The van der Waals surface area contributed by atoms with Crippen LogP contribution in [0.5, 0.6) is 0 Å². The zero-order valence-electron chi connectivity index (χ0n) is 13.2. The predicted molar refractivity (Wildman–Crippen MR) is 80.5 cm³/mol. The van der Waals surface area contributed by atoms with E-state index in [0.29, 0.717) is 24.2 Å². The Balaban J connectivity index is 1.89. The van der Waals surface area contributed by atoms with Gasteiger partial charge in [-0.3, -0.25) is 9.48 Å². The largest absolute Gasteiger partial charge is 0.342 e. The molecule has 4 heteroatoms. The molecule has 2 atom stereocenters. The van der Waals surface area contributed by atoms with Gasteiger partial charge in [0, 0.05) is 32.3 Å². The number of rotatable bonds is 4. The second kappa shape index (κ2) is 6.42. The van der Waals surface area contributed by atoms with Crippen molar-refractivity contribution in [3.63, 3.8) is 0 Å². The summed E-state index contributed by atoms with van der Waals surface area (Å²) >= 11 is 0.